The molecular weight excluding hydrogens is 248 g/mol. The molecule has 3 atom stereocenters. The molecule has 0 radical (unpaired) electrons. The summed E-state index contributed by atoms with van der Waals surface area (Å²) in [6, 6.07) is 0. The first-order valence-corrected chi connectivity index (χ1v) is 8.93. The van der Waals surface area contributed by atoms with Crippen molar-refractivity contribution in [3.05, 3.63) is 0 Å². The Balaban J connectivity index is 2.44. The fourth-order valence-electron chi connectivity index (χ4n) is 2.72. The number of aliphatic hydroxyl groups is 1. The van der Waals surface area contributed by atoms with Gasteiger partial charge in [-0.2, -0.15) is 0 Å². The third kappa shape index (κ3) is 4.88. The highest BCUT2D eigenvalue weighted by Gasteiger charge is 2.30. The van der Waals surface area contributed by atoms with E-state index in [0.717, 1.165) is 38.5 Å². The van der Waals surface area contributed by atoms with Gasteiger partial charge in [-0.05, 0) is 37.0 Å². The molecule has 1 rings (SSSR count). The molecule has 1 aliphatic rings. The Labute approximate surface area is 112 Å². The van der Waals surface area contributed by atoms with Crippen molar-refractivity contribution in [1.29, 1.82) is 0 Å². The fraction of sp³-hybridized carbons (Fsp3) is 1.00. The first-order chi connectivity index (χ1) is 8.10. The lowest BCUT2D eigenvalue weighted by Gasteiger charge is -2.31. The minimum atomic E-state index is -2.89. The normalized spacial score (nSPS) is 28.1. The molecule has 1 N–H and O–H groups in total. The van der Waals surface area contributed by atoms with Gasteiger partial charge >= 0.3 is 0 Å². The van der Waals surface area contributed by atoms with Gasteiger partial charge in [-0.1, -0.05) is 33.6 Å². The van der Waals surface area contributed by atoms with Crippen LogP contribution in [0.4, 0.5) is 0 Å². The summed E-state index contributed by atoms with van der Waals surface area (Å²) in [5, 5.41) is 9.87. The number of rotatable bonds is 4. The Kier molecular flexibility index (Phi) is 5.24. The summed E-state index contributed by atoms with van der Waals surface area (Å²) in [5.74, 6) is 0.468. The molecule has 0 amide bonds. The van der Waals surface area contributed by atoms with Crippen LogP contribution in [0.2, 0.25) is 0 Å². The molecule has 3 nitrogen and oxygen atoms in total. The molecule has 0 heterocycles. The molecule has 3 unspecified atom stereocenters. The molecule has 18 heavy (non-hydrogen) atoms. The van der Waals surface area contributed by atoms with Gasteiger partial charge < -0.3 is 5.11 Å². The number of hydrogen-bond acceptors (Lipinski definition) is 3. The lowest BCUT2D eigenvalue weighted by Crippen LogP contribution is -2.30. The van der Waals surface area contributed by atoms with E-state index in [1.54, 1.807) is 0 Å². The fourth-order valence-corrected chi connectivity index (χ4v) is 3.94. The van der Waals surface area contributed by atoms with E-state index in [1.165, 1.54) is 6.26 Å². The summed E-state index contributed by atoms with van der Waals surface area (Å²) in [5.41, 5.74) is -0.0785. The SMILES string of the molecule is CC(C)(C)C(O)CCC1CCCC(S(C)(=O)=O)C1. The maximum absolute atomic E-state index is 11.6. The molecule has 1 fully saturated rings. The van der Waals surface area contributed by atoms with Crippen molar-refractivity contribution in [3.8, 4) is 0 Å². The van der Waals surface area contributed by atoms with Gasteiger partial charge in [-0.25, -0.2) is 8.42 Å². The van der Waals surface area contributed by atoms with Gasteiger partial charge in [0.25, 0.3) is 0 Å². The predicted octanol–water partition coefficient (Wildman–Crippen LogP) is 2.78. The summed E-state index contributed by atoms with van der Waals surface area (Å²) >= 11 is 0. The zero-order valence-corrected chi connectivity index (χ0v) is 13.0. The predicted molar refractivity (Wildman–Crippen MR) is 75.3 cm³/mol. The Morgan fingerprint density at radius 2 is 1.89 bits per heavy atom. The van der Waals surface area contributed by atoms with E-state index in [9.17, 15) is 13.5 Å². The average Bonchev–Trinajstić information content (AvgIpc) is 2.23. The Bertz CT molecular complexity index is 354. The standard InChI is InChI=1S/C14H28O3S/c1-14(2,3)13(15)9-8-11-6-5-7-12(10-11)18(4,16)17/h11-13,15H,5-10H2,1-4H3. The number of aliphatic hydroxyl groups excluding tert-OH is 1. The highest BCUT2D eigenvalue weighted by Crippen LogP contribution is 2.33. The van der Waals surface area contributed by atoms with Crippen LogP contribution in [-0.2, 0) is 9.84 Å². The molecule has 0 spiro atoms. The van der Waals surface area contributed by atoms with Crippen LogP contribution in [0.1, 0.15) is 59.3 Å². The Hall–Kier alpha value is -0.0900. The Morgan fingerprint density at radius 1 is 1.28 bits per heavy atom. The molecule has 1 saturated carbocycles. The molecule has 108 valence electrons. The smallest absolute Gasteiger partial charge is 0.150 e. The van der Waals surface area contributed by atoms with E-state index >= 15 is 0 Å². The van der Waals surface area contributed by atoms with Crippen LogP contribution >= 0.6 is 0 Å². The van der Waals surface area contributed by atoms with Crippen molar-refractivity contribution in [2.24, 2.45) is 11.3 Å². The highest BCUT2D eigenvalue weighted by molar-refractivity contribution is 7.91. The summed E-state index contributed by atoms with van der Waals surface area (Å²) in [4.78, 5) is 0. The van der Waals surface area contributed by atoms with Crippen LogP contribution in [-0.4, -0.2) is 31.1 Å². The van der Waals surface area contributed by atoms with Crippen molar-refractivity contribution in [1.82, 2.24) is 0 Å². The average molecular weight is 276 g/mol. The van der Waals surface area contributed by atoms with Crippen LogP contribution in [0.15, 0.2) is 0 Å². The summed E-state index contributed by atoms with van der Waals surface area (Å²) in [6.07, 6.45) is 6.51. The van der Waals surface area contributed by atoms with Crippen LogP contribution in [0.25, 0.3) is 0 Å². The van der Waals surface area contributed by atoms with E-state index in [4.69, 9.17) is 0 Å². The van der Waals surface area contributed by atoms with Gasteiger partial charge in [0.1, 0.15) is 9.84 Å². The van der Waals surface area contributed by atoms with Crippen molar-refractivity contribution >= 4 is 9.84 Å². The monoisotopic (exact) mass is 276 g/mol. The van der Waals surface area contributed by atoms with Gasteiger partial charge in [-0.15, -0.1) is 0 Å². The second-order valence-corrected chi connectivity index (χ2v) is 9.27. The maximum Gasteiger partial charge on any atom is 0.150 e. The van der Waals surface area contributed by atoms with Crippen molar-refractivity contribution in [2.75, 3.05) is 6.26 Å². The topological polar surface area (TPSA) is 54.4 Å². The van der Waals surface area contributed by atoms with Crippen LogP contribution < -0.4 is 0 Å². The molecule has 0 aliphatic heterocycles. The lowest BCUT2D eigenvalue weighted by molar-refractivity contribution is 0.0483. The summed E-state index contributed by atoms with van der Waals surface area (Å²) in [6.45, 7) is 6.12. The third-order valence-corrected chi connectivity index (χ3v) is 5.83. The zero-order valence-electron chi connectivity index (χ0n) is 12.1. The molecule has 0 aromatic rings. The first-order valence-electron chi connectivity index (χ1n) is 6.97. The van der Waals surface area contributed by atoms with E-state index in [-0.39, 0.29) is 16.8 Å². The quantitative estimate of drug-likeness (QED) is 0.859. The van der Waals surface area contributed by atoms with Crippen LogP contribution in [0.5, 0.6) is 0 Å². The molecular formula is C14H28O3S. The van der Waals surface area contributed by atoms with E-state index < -0.39 is 9.84 Å². The molecule has 4 heteroatoms. The number of hydrogen-bond donors (Lipinski definition) is 1. The third-order valence-electron chi connectivity index (χ3n) is 4.19. The summed E-state index contributed by atoms with van der Waals surface area (Å²) in [7, 11) is -2.89. The van der Waals surface area contributed by atoms with Crippen LogP contribution in [0.3, 0.4) is 0 Å². The van der Waals surface area contributed by atoms with E-state index in [0.29, 0.717) is 5.92 Å². The van der Waals surface area contributed by atoms with Gasteiger partial charge in [0.2, 0.25) is 0 Å². The minimum Gasteiger partial charge on any atom is -0.393 e. The molecule has 0 saturated heterocycles. The first kappa shape index (κ1) is 16.0. The van der Waals surface area contributed by atoms with Gasteiger partial charge in [0.15, 0.2) is 0 Å². The molecule has 0 aromatic carbocycles. The van der Waals surface area contributed by atoms with Crippen molar-refractivity contribution in [3.63, 3.8) is 0 Å². The van der Waals surface area contributed by atoms with Gasteiger partial charge in [0, 0.05) is 6.26 Å². The van der Waals surface area contributed by atoms with E-state index in [1.807, 2.05) is 20.8 Å². The van der Waals surface area contributed by atoms with Gasteiger partial charge in [-0.3, -0.25) is 0 Å². The second-order valence-electron chi connectivity index (χ2n) is 6.94. The molecule has 1 aliphatic carbocycles. The minimum absolute atomic E-state index is 0.0785. The zero-order chi connectivity index (χ0) is 14.0. The van der Waals surface area contributed by atoms with Crippen molar-refractivity contribution < 1.29 is 13.5 Å². The Morgan fingerprint density at radius 3 is 2.39 bits per heavy atom. The largest absolute Gasteiger partial charge is 0.393 e. The lowest BCUT2D eigenvalue weighted by atomic mass is 9.81. The molecule has 0 bridgehead atoms. The van der Waals surface area contributed by atoms with Crippen molar-refractivity contribution in [2.45, 2.75) is 70.7 Å². The van der Waals surface area contributed by atoms with Gasteiger partial charge in [0.05, 0.1) is 11.4 Å². The number of sulfone groups is 1. The van der Waals surface area contributed by atoms with Crippen LogP contribution in [0, 0.1) is 11.3 Å². The molecule has 0 aromatic heterocycles. The van der Waals surface area contributed by atoms with E-state index in [2.05, 4.69) is 0 Å². The highest BCUT2D eigenvalue weighted by atomic mass is 32.2. The summed E-state index contributed by atoms with van der Waals surface area (Å²) < 4.78 is 23.2. The second kappa shape index (κ2) is 5.91. The maximum atomic E-state index is 11.6.